The van der Waals surface area contributed by atoms with Crippen LogP contribution in [0.2, 0.25) is 25.1 Å². The molecule has 0 saturated heterocycles. The molecule has 126 valence electrons. The first-order chi connectivity index (χ1) is 11.2. The average Bonchev–Trinajstić information content (AvgIpc) is 2.84. The monoisotopic (exact) mass is 422 g/mol. The fourth-order valence-electron chi connectivity index (χ4n) is 2.46. The predicted molar refractivity (Wildman–Crippen MR) is 104 cm³/mol. The number of hydrogen-bond acceptors (Lipinski definition) is 4. The zero-order valence-corrected chi connectivity index (χ0v) is 15.9. The summed E-state index contributed by atoms with van der Waals surface area (Å²) in [5.41, 5.74) is 8.55. The molecule has 24 heavy (non-hydrogen) atoms. The summed E-state index contributed by atoms with van der Waals surface area (Å²) in [7, 11) is 0. The Balaban J connectivity index is 2.24. The molecule has 2 aromatic carbocycles. The van der Waals surface area contributed by atoms with Crippen molar-refractivity contribution in [1.82, 2.24) is 0 Å². The Bertz CT molecular complexity index is 898. The van der Waals surface area contributed by atoms with Gasteiger partial charge in [-0.2, -0.15) is 0 Å². The minimum Gasteiger partial charge on any atom is -0.758 e. The maximum atomic E-state index is 12.3. The number of nitrogens with zero attached hydrogens (tertiary/aromatic N) is 2. The molecular weight excluding hydrogens is 415 g/mol. The molecule has 0 saturated carbocycles. The van der Waals surface area contributed by atoms with Crippen LogP contribution in [-0.4, -0.2) is 12.3 Å². The summed E-state index contributed by atoms with van der Waals surface area (Å²) >= 11 is 30.6. The topological polar surface area (TPSA) is 64.7 Å². The van der Waals surface area contributed by atoms with Gasteiger partial charge >= 0.3 is 0 Å². The number of fused-ring (bicyclic) bond motifs is 1. The molecule has 4 nitrogen and oxygen atoms in total. The fourth-order valence-corrected chi connectivity index (χ4v) is 3.67. The Morgan fingerprint density at radius 2 is 1.67 bits per heavy atom. The summed E-state index contributed by atoms with van der Waals surface area (Å²) in [6, 6.07) is 3.33. The van der Waals surface area contributed by atoms with Crippen LogP contribution in [0.15, 0.2) is 17.1 Å². The molecule has 2 N–H and O–H groups in total. The van der Waals surface area contributed by atoms with Crippen molar-refractivity contribution in [2.75, 3.05) is 17.3 Å². The second-order valence-corrected chi connectivity index (χ2v) is 7.15. The molecule has 0 fully saturated rings. The van der Waals surface area contributed by atoms with Crippen LogP contribution in [0.5, 0.6) is 0 Å². The van der Waals surface area contributed by atoms with E-state index in [1.807, 2.05) is 6.92 Å². The van der Waals surface area contributed by atoms with E-state index in [0.29, 0.717) is 32.7 Å². The van der Waals surface area contributed by atoms with Crippen molar-refractivity contribution in [3.8, 4) is 0 Å². The molecule has 0 spiro atoms. The van der Waals surface area contributed by atoms with E-state index in [-0.39, 0.29) is 32.3 Å². The lowest BCUT2D eigenvalue weighted by molar-refractivity contribution is 1.17. The van der Waals surface area contributed by atoms with Gasteiger partial charge in [0.25, 0.3) is 0 Å². The number of hydroxylamine groups is 1. The minimum atomic E-state index is -0.0348. The van der Waals surface area contributed by atoms with Crippen LogP contribution in [0.3, 0.4) is 0 Å². The number of nitrogen functional groups attached to an aromatic ring is 1. The lowest BCUT2D eigenvalue weighted by Gasteiger charge is -2.26. The van der Waals surface area contributed by atoms with Gasteiger partial charge in [0.05, 0.1) is 47.9 Å². The van der Waals surface area contributed by atoms with E-state index in [4.69, 9.17) is 63.7 Å². The van der Waals surface area contributed by atoms with Crippen LogP contribution in [-0.2, 0) is 0 Å². The van der Waals surface area contributed by atoms with Crippen molar-refractivity contribution in [1.29, 1.82) is 0 Å². The Kier molecular flexibility index (Phi) is 4.82. The maximum Gasteiger partial charge on any atom is 0.0841 e. The number of hydrogen-bond donors (Lipinski definition) is 1. The summed E-state index contributed by atoms with van der Waals surface area (Å²) in [5, 5.41) is 13.6. The van der Waals surface area contributed by atoms with Gasteiger partial charge in [0.15, 0.2) is 0 Å². The molecule has 1 aliphatic rings. The van der Waals surface area contributed by atoms with Gasteiger partial charge in [0.2, 0.25) is 0 Å². The van der Waals surface area contributed by atoms with Crippen LogP contribution >= 0.6 is 58.0 Å². The normalized spacial score (nSPS) is 15.3. The highest BCUT2D eigenvalue weighted by Gasteiger charge is 2.30. The van der Waals surface area contributed by atoms with Crippen LogP contribution in [0.25, 0.3) is 0 Å². The number of aliphatic imine (C=N–C) groups is 1. The summed E-state index contributed by atoms with van der Waals surface area (Å²) in [4.78, 5) is 4.51. The highest BCUT2D eigenvalue weighted by Crippen LogP contribution is 2.48. The lowest BCUT2D eigenvalue weighted by Crippen LogP contribution is -2.14. The molecule has 0 atom stereocenters. The maximum absolute atomic E-state index is 12.3. The third-order valence-corrected chi connectivity index (χ3v) is 5.76. The van der Waals surface area contributed by atoms with E-state index < -0.39 is 0 Å². The van der Waals surface area contributed by atoms with Gasteiger partial charge in [-0.15, -0.1) is 0 Å². The Morgan fingerprint density at radius 3 is 2.33 bits per heavy atom. The molecule has 2 aromatic rings. The van der Waals surface area contributed by atoms with E-state index >= 15 is 0 Å². The molecule has 0 amide bonds. The first-order valence-electron chi connectivity index (χ1n) is 6.66. The number of halogens is 5. The molecule has 0 bridgehead atoms. The van der Waals surface area contributed by atoms with E-state index in [9.17, 15) is 5.21 Å². The van der Waals surface area contributed by atoms with Gasteiger partial charge in [-0.05, 0) is 24.6 Å². The number of anilines is 2. The van der Waals surface area contributed by atoms with Gasteiger partial charge in [-0.1, -0.05) is 58.0 Å². The summed E-state index contributed by atoms with van der Waals surface area (Å²) in [6.07, 6.45) is 0. The molecule has 3 rings (SSSR count). The van der Waals surface area contributed by atoms with Crippen molar-refractivity contribution >= 4 is 80.8 Å². The first-order valence-corrected chi connectivity index (χ1v) is 8.55. The van der Waals surface area contributed by atoms with E-state index in [2.05, 4.69) is 4.99 Å². The van der Waals surface area contributed by atoms with Gasteiger partial charge in [0.1, 0.15) is 0 Å². The van der Waals surface area contributed by atoms with Gasteiger partial charge in [0, 0.05) is 12.1 Å². The van der Waals surface area contributed by atoms with Crippen LogP contribution < -0.4 is 10.8 Å². The summed E-state index contributed by atoms with van der Waals surface area (Å²) in [6.45, 7) is 1.80. The summed E-state index contributed by atoms with van der Waals surface area (Å²) in [5.74, 6) is 0. The number of rotatable bonds is 1. The molecule has 9 heteroatoms. The number of aryl methyl sites for hydroxylation is 1. The van der Waals surface area contributed by atoms with Crippen LogP contribution in [0, 0.1) is 12.1 Å². The fraction of sp³-hybridized carbons (Fsp3) is 0.133. The Morgan fingerprint density at radius 1 is 1.04 bits per heavy atom. The van der Waals surface area contributed by atoms with Crippen molar-refractivity contribution in [3.63, 3.8) is 0 Å². The minimum absolute atomic E-state index is 0.0348. The molecular formula is C15H9Cl5N3O-. The highest BCUT2D eigenvalue weighted by atomic mass is 35.5. The van der Waals surface area contributed by atoms with Crippen molar-refractivity contribution in [2.24, 2.45) is 4.99 Å². The largest absolute Gasteiger partial charge is 0.758 e. The predicted octanol–water partition coefficient (Wildman–Crippen LogP) is 6.28. The molecule has 1 heterocycles. The van der Waals surface area contributed by atoms with Crippen LogP contribution in [0.4, 0.5) is 17.1 Å². The average molecular weight is 425 g/mol. The zero-order valence-electron chi connectivity index (χ0n) is 12.1. The molecule has 0 aromatic heterocycles. The standard InChI is InChI=1S/C15H9Cl5N3O/c1-5-2-7(21)6(16)3-8(5)22-9-4-23(24)15-10(9)11(17)12(18)13(19)14(15)20/h2-3H,4,21H2,1H3/q-1. The highest BCUT2D eigenvalue weighted by molar-refractivity contribution is 6.54. The Labute approximate surface area is 163 Å². The van der Waals surface area contributed by atoms with E-state index in [0.717, 1.165) is 5.56 Å². The molecule has 0 radical (unpaired) electrons. The second-order valence-electron chi connectivity index (χ2n) is 5.23. The van der Waals surface area contributed by atoms with Gasteiger partial charge in [-0.25, -0.2) is 0 Å². The van der Waals surface area contributed by atoms with E-state index in [1.165, 1.54) is 0 Å². The van der Waals surface area contributed by atoms with Crippen molar-refractivity contribution in [2.45, 2.75) is 6.92 Å². The van der Waals surface area contributed by atoms with Crippen molar-refractivity contribution < 1.29 is 0 Å². The molecule has 0 aliphatic carbocycles. The van der Waals surface area contributed by atoms with Gasteiger partial charge in [-0.3, -0.25) is 4.99 Å². The summed E-state index contributed by atoms with van der Waals surface area (Å²) < 4.78 is 0. The van der Waals surface area contributed by atoms with Crippen LogP contribution in [0.1, 0.15) is 11.1 Å². The smallest absolute Gasteiger partial charge is 0.0841 e. The zero-order chi connectivity index (χ0) is 17.8. The first kappa shape index (κ1) is 17.9. The molecule has 1 aliphatic heterocycles. The quantitative estimate of drug-likeness (QED) is 0.333. The lowest BCUT2D eigenvalue weighted by atomic mass is 10.1. The number of benzene rings is 2. The SMILES string of the molecule is Cc1cc(N)c(Cl)cc1N=C1CN([O-])c2c(Cl)c(Cl)c(Cl)c(Cl)c21. The Hall–Kier alpha value is -0.880. The van der Waals surface area contributed by atoms with Crippen molar-refractivity contribution in [3.05, 3.63) is 53.6 Å². The molecule has 0 unspecified atom stereocenters. The number of nitrogens with two attached hydrogens (primary N) is 1. The third kappa shape index (κ3) is 2.81. The second kappa shape index (κ2) is 6.45. The third-order valence-electron chi connectivity index (χ3n) is 3.64. The van der Waals surface area contributed by atoms with Gasteiger partial charge < -0.3 is 16.0 Å². The van der Waals surface area contributed by atoms with E-state index in [1.54, 1.807) is 12.1 Å².